The van der Waals surface area contributed by atoms with E-state index in [0.29, 0.717) is 19.0 Å². The first kappa shape index (κ1) is 13.7. The highest BCUT2D eigenvalue weighted by Gasteiger charge is 2.27. The Balaban J connectivity index is 2.00. The highest BCUT2D eigenvalue weighted by atomic mass is 127. The lowest BCUT2D eigenvalue weighted by Gasteiger charge is -2.27. The number of hydrogen-bond acceptors (Lipinski definition) is 3. The Morgan fingerprint density at radius 2 is 1.55 bits per heavy atom. The number of rotatable bonds is 2. The molecular formula is C16H15IO3. The van der Waals surface area contributed by atoms with Crippen LogP contribution >= 0.6 is 22.6 Å². The van der Waals surface area contributed by atoms with Gasteiger partial charge in [-0.05, 0) is 64.9 Å². The first-order valence-electron chi connectivity index (χ1n) is 6.46. The highest BCUT2D eigenvalue weighted by Crippen LogP contribution is 2.37. The average Bonchev–Trinajstić information content (AvgIpc) is 2.47. The van der Waals surface area contributed by atoms with E-state index < -0.39 is 5.60 Å². The van der Waals surface area contributed by atoms with Gasteiger partial charge in [-0.15, -0.1) is 0 Å². The molecule has 0 aliphatic carbocycles. The Morgan fingerprint density at radius 3 is 2.25 bits per heavy atom. The fourth-order valence-electron chi connectivity index (χ4n) is 2.29. The van der Waals surface area contributed by atoms with Gasteiger partial charge in [0, 0.05) is 3.57 Å². The SMILES string of the molecule is CC(O)(c1ccc(I)cc1)c1ccc2c(c1)OCCO2. The van der Waals surface area contributed by atoms with E-state index in [2.05, 4.69) is 22.6 Å². The van der Waals surface area contributed by atoms with Gasteiger partial charge < -0.3 is 14.6 Å². The van der Waals surface area contributed by atoms with Gasteiger partial charge in [-0.2, -0.15) is 0 Å². The van der Waals surface area contributed by atoms with E-state index in [1.54, 1.807) is 6.92 Å². The van der Waals surface area contributed by atoms with E-state index in [-0.39, 0.29) is 0 Å². The molecule has 4 heteroatoms. The second-order valence-corrected chi connectivity index (χ2v) is 6.18. The summed E-state index contributed by atoms with van der Waals surface area (Å²) in [5.41, 5.74) is 0.595. The van der Waals surface area contributed by atoms with Crippen LogP contribution in [0.2, 0.25) is 0 Å². The maximum absolute atomic E-state index is 10.9. The van der Waals surface area contributed by atoms with Gasteiger partial charge in [0.15, 0.2) is 11.5 Å². The summed E-state index contributed by atoms with van der Waals surface area (Å²) in [7, 11) is 0. The van der Waals surface area contributed by atoms with Crippen LogP contribution in [0.4, 0.5) is 0 Å². The van der Waals surface area contributed by atoms with Crippen molar-refractivity contribution in [3.05, 3.63) is 57.2 Å². The molecule has 1 heterocycles. The topological polar surface area (TPSA) is 38.7 Å². The van der Waals surface area contributed by atoms with Crippen molar-refractivity contribution in [2.45, 2.75) is 12.5 Å². The van der Waals surface area contributed by atoms with E-state index in [9.17, 15) is 5.11 Å². The molecule has 3 rings (SSSR count). The molecule has 0 saturated heterocycles. The molecule has 1 N–H and O–H groups in total. The van der Waals surface area contributed by atoms with Crippen molar-refractivity contribution in [3.63, 3.8) is 0 Å². The van der Waals surface area contributed by atoms with Crippen LogP contribution in [-0.4, -0.2) is 18.3 Å². The smallest absolute Gasteiger partial charge is 0.161 e. The predicted molar refractivity (Wildman–Crippen MR) is 85.3 cm³/mol. The molecule has 3 nitrogen and oxygen atoms in total. The van der Waals surface area contributed by atoms with Crippen molar-refractivity contribution in [3.8, 4) is 11.5 Å². The van der Waals surface area contributed by atoms with Gasteiger partial charge in [0.1, 0.15) is 18.8 Å². The molecule has 0 aromatic heterocycles. The quantitative estimate of drug-likeness (QED) is 0.811. The van der Waals surface area contributed by atoms with E-state index >= 15 is 0 Å². The lowest BCUT2D eigenvalue weighted by atomic mass is 9.88. The third kappa shape index (κ3) is 2.50. The molecule has 1 aliphatic heterocycles. The van der Waals surface area contributed by atoms with Crippen molar-refractivity contribution in [1.82, 2.24) is 0 Å². The number of benzene rings is 2. The van der Waals surface area contributed by atoms with Crippen molar-refractivity contribution < 1.29 is 14.6 Å². The van der Waals surface area contributed by atoms with Crippen LogP contribution in [0.1, 0.15) is 18.1 Å². The molecule has 0 amide bonds. The van der Waals surface area contributed by atoms with Crippen LogP contribution in [0.25, 0.3) is 0 Å². The normalized spacial score (nSPS) is 16.6. The van der Waals surface area contributed by atoms with Crippen LogP contribution in [0.5, 0.6) is 11.5 Å². The summed E-state index contributed by atoms with van der Waals surface area (Å²) in [5.74, 6) is 1.43. The maximum Gasteiger partial charge on any atom is 0.161 e. The van der Waals surface area contributed by atoms with Crippen molar-refractivity contribution >= 4 is 22.6 Å². The zero-order valence-electron chi connectivity index (χ0n) is 11.1. The second-order valence-electron chi connectivity index (χ2n) is 4.94. The van der Waals surface area contributed by atoms with Crippen molar-refractivity contribution in [2.24, 2.45) is 0 Å². The standard InChI is InChI=1S/C16H15IO3/c1-16(18,11-2-5-13(17)6-3-11)12-4-7-14-15(10-12)20-9-8-19-14/h2-7,10,18H,8-9H2,1H3. The monoisotopic (exact) mass is 382 g/mol. The van der Waals surface area contributed by atoms with Crippen LogP contribution in [0, 0.1) is 3.57 Å². The predicted octanol–water partition coefficient (Wildman–Crippen LogP) is 3.32. The molecule has 0 fully saturated rings. The average molecular weight is 382 g/mol. The van der Waals surface area contributed by atoms with Gasteiger partial charge in [-0.3, -0.25) is 0 Å². The first-order chi connectivity index (χ1) is 9.57. The third-order valence-electron chi connectivity index (χ3n) is 3.51. The largest absolute Gasteiger partial charge is 0.486 e. The molecule has 0 spiro atoms. The number of fused-ring (bicyclic) bond motifs is 1. The molecule has 104 valence electrons. The summed E-state index contributed by atoms with van der Waals surface area (Å²) >= 11 is 2.25. The highest BCUT2D eigenvalue weighted by molar-refractivity contribution is 14.1. The van der Waals surface area contributed by atoms with E-state index in [4.69, 9.17) is 9.47 Å². The summed E-state index contributed by atoms with van der Waals surface area (Å²) in [6, 6.07) is 13.4. The molecule has 0 bridgehead atoms. The van der Waals surface area contributed by atoms with Crippen LogP contribution < -0.4 is 9.47 Å². The van der Waals surface area contributed by atoms with Crippen LogP contribution in [-0.2, 0) is 5.60 Å². The molecule has 2 aromatic carbocycles. The third-order valence-corrected chi connectivity index (χ3v) is 4.23. The molecule has 20 heavy (non-hydrogen) atoms. The van der Waals surface area contributed by atoms with Gasteiger partial charge >= 0.3 is 0 Å². The summed E-state index contributed by atoms with van der Waals surface area (Å²) in [5, 5.41) is 10.9. The van der Waals surface area contributed by atoms with E-state index in [1.165, 1.54) is 0 Å². The molecule has 2 aromatic rings. The zero-order chi connectivity index (χ0) is 14.2. The van der Waals surface area contributed by atoms with Crippen molar-refractivity contribution in [1.29, 1.82) is 0 Å². The Kier molecular flexibility index (Phi) is 3.60. The number of halogens is 1. The van der Waals surface area contributed by atoms with E-state index in [0.717, 1.165) is 20.4 Å². The Bertz CT molecular complexity index is 620. The fraction of sp³-hybridized carbons (Fsp3) is 0.250. The molecule has 0 saturated carbocycles. The minimum Gasteiger partial charge on any atom is -0.486 e. The molecule has 1 unspecified atom stereocenters. The number of ether oxygens (including phenoxy) is 2. The Hall–Kier alpha value is -1.27. The Morgan fingerprint density at radius 1 is 0.950 bits per heavy atom. The minimum atomic E-state index is -1.06. The van der Waals surface area contributed by atoms with Gasteiger partial charge in [0.25, 0.3) is 0 Å². The summed E-state index contributed by atoms with van der Waals surface area (Å²) < 4.78 is 12.2. The van der Waals surface area contributed by atoms with Crippen molar-refractivity contribution in [2.75, 3.05) is 13.2 Å². The number of hydrogen-bond donors (Lipinski definition) is 1. The maximum atomic E-state index is 10.9. The second kappa shape index (κ2) is 5.26. The zero-order valence-corrected chi connectivity index (χ0v) is 13.3. The minimum absolute atomic E-state index is 0.544. The number of aliphatic hydroxyl groups is 1. The lowest BCUT2D eigenvalue weighted by Crippen LogP contribution is -2.23. The lowest BCUT2D eigenvalue weighted by molar-refractivity contribution is 0.101. The molecule has 0 radical (unpaired) electrons. The van der Waals surface area contributed by atoms with Gasteiger partial charge in [-0.25, -0.2) is 0 Å². The summed E-state index contributed by atoms with van der Waals surface area (Å²) in [6.07, 6.45) is 0. The Labute approximate surface area is 131 Å². The first-order valence-corrected chi connectivity index (χ1v) is 7.54. The van der Waals surface area contributed by atoms with Gasteiger partial charge in [0.05, 0.1) is 0 Å². The van der Waals surface area contributed by atoms with Crippen LogP contribution in [0.15, 0.2) is 42.5 Å². The summed E-state index contributed by atoms with van der Waals surface area (Å²) in [6.45, 7) is 2.91. The molecule has 1 atom stereocenters. The summed E-state index contributed by atoms with van der Waals surface area (Å²) in [4.78, 5) is 0. The fourth-order valence-corrected chi connectivity index (χ4v) is 2.65. The van der Waals surface area contributed by atoms with Gasteiger partial charge in [-0.1, -0.05) is 18.2 Å². The van der Waals surface area contributed by atoms with E-state index in [1.807, 2.05) is 42.5 Å². The molecular weight excluding hydrogens is 367 g/mol. The molecule has 1 aliphatic rings. The van der Waals surface area contributed by atoms with Gasteiger partial charge in [0.2, 0.25) is 0 Å². The van der Waals surface area contributed by atoms with Crippen LogP contribution in [0.3, 0.4) is 0 Å².